The molecule has 0 aliphatic heterocycles. The maximum Gasteiger partial charge on any atom is 0.212 e. The predicted molar refractivity (Wildman–Crippen MR) is 73.0 cm³/mol. The monoisotopic (exact) mass is 274 g/mol. The van der Waals surface area contributed by atoms with E-state index in [1.165, 1.54) is 0 Å². The first-order chi connectivity index (χ1) is 9.26. The van der Waals surface area contributed by atoms with Crippen molar-refractivity contribution < 1.29 is 9.53 Å². The maximum absolute atomic E-state index is 11.8. The van der Waals surface area contributed by atoms with Crippen molar-refractivity contribution in [2.24, 2.45) is 0 Å². The fraction of sp³-hybridized carbons (Fsp3) is 0.357. The molecule has 0 aromatic carbocycles. The van der Waals surface area contributed by atoms with E-state index in [0.717, 1.165) is 34.7 Å². The van der Waals surface area contributed by atoms with Gasteiger partial charge < -0.3 is 4.74 Å². The van der Waals surface area contributed by atoms with Crippen LogP contribution in [0.3, 0.4) is 0 Å². The van der Waals surface area contributed by atoms with E-state index in [1.54, 1.807) is 24.6 Å². The van der Waals surface area contributed by atoms with E-state index in [1.807, 2.05) is 12.1 Å². The number of ether oxygens (including phenoxy) is 1. The Bertz CT molecular complexity index is 604. The molecular formula is C14H14N2O2S. The number of pyridine rings is 1. The Morgan fingerprint density at radius 2 is 2.26 bits per heavy atom. The molecule has 2 aromatic rings. The lowest BCUT2D eigenvalue weighted by Crippen LogP contribution is -2.08. The highest BCUT2D eigenvalue weighted by Crippen LogP contribution is 2.28. The van der Waals surface area contributed by atoms with Gasteiger partial charge in [0, 0.05) is 30.0 Å². The summed E-state index contributed by atoms with van der Waals surface area (Å²) in [4.78, 5) is 21.6. The van der Waals surface area contributed by atoms with Gasteiger partial charge in [0.15, 0.2) is 5.78 Å². The normalized spacial score (nSPS) is 14.3. The van der Waals surface area contributed by atoms with E-state index in [2.05, 4.69) is 9.97 Å². The topological polar surface area (TPSA) is 52.1 Å². The summed E-state index contributed by atoms with van der Waals surface area (Å²) in [5.41, 5.74) is 1.78. The van der Waals surface area contributed by atoms with Crippen molar-refractivity contribution in [1.82, 2.24) is 9.97 Å². The molecule has 0 N–H and O–H groups in total. The van der Waals surface area contributed by atoms with Crippen molar-refractivity contribution in [2.75, 3.05) is 7.11 Å². The first-order valence-electron chi connectivity index (χ1n) is 6.27. The zero-order chi connectivity index (χ0) is 13.2. The van der Waals surface area contributed by atoms with E-state index < -0.39 is 0 Å². The summed E-state index contributed by atoms with van der Waals surface area (Å²) in [5, 5.41) is 0.993. The van der Waals surface area contributed by atoms with Crippen LogP contribution in [0.25, 0.3) is 0 Å². The number of carbonyl (C=O) groups excluding carboxylic acids is 1. The van der Waals surface area contributed by atoms with Crippen LogP contribution in [-0.2, 0) is 12.8 Å². The Hall–Kier alpha value is -1.75. The standard InChI is InChI=1S/C14H14N2O2S/c1-18-12-6-5-9(8-15-12)7-13-16-14-10(17)3-2-4-11(14)19-13/h5-6,8H,2-4,7H2,1H3. The Balaban J connectivity index is 1.81. The molecule has 0 radical (unpaired) electrons. The largest absolute Gasteiger partial charge is 0.481 e. The Kier molecular flexibility index (Phi) is 3.29. The fourth-order valence-corrected chi connectivity index (χ4v) is 3.36. The van der Waals surface area contributed by atoms with Gasteiger partial charge in [0.2, 0.25) is 5.88 Å². The van der Waals surface area contributed by atoms with Crippen molar-refractivity contribution in [3.63, 3.8) is 0 Å². The molecule has 0 bridgehead atoms. The third kappa shape index (κ3) is 2.51. The van der Waals surface area contributed by atoms with E-state index >= 15 is 0 Å². The van der Waals surface area contributed by atoms with Gasteiger partial charge >= 0.3 is 0 Å². The van der Waals surface area contributed by atoms with Crippen LogP contribution in [0.2, 0.25) is 0 Å². The second-order valence-electron chi connectivity index (χ2n) is 4.54. The predicted octanol–water partition coefficient (Wildman–Crippen LogP) is 2.66. The Morgan fingerprint density at radius 3 is 2.95 bits per heavy atom. The summed E-state index contributed by atoms with van der Waals surface area (Å²) in [6, 6.07) is 3.82. The quantitative estimate of drug-likeness (QED) is 0.863. The second-order valence-corrected chi connectivity index (χ2v) is 5.71. The van der Waals surface area contributed by atoms with E-state index in [0.29, 0.717) is 18.0 Å². The number of ketones is 1. The molecule has 0 amide bonds. The van der Waals surface area contributed by atoms with E-state index in [-0.39, 0.29) is 5.78 Å². The molecule has 0 fully saturated rings. The van der Waals surface area contributed by atoms with Crippen LogP contribution < -0.4 is 4.74 Å². The summed E-state index contributed by atoms with van der Waals surface area (Å²) in [5.74, 6) is 0.800. The van der Waals surface area contributed by atoms with Crippen molar-refractivity contribution >= 4 is 17.1 Å². The molecule has 4 nitrogen and oxygen atoms in total. The lowest BCUT2D eigenvalue weighted by atomic mass is 10.0. The Morgan fingerprint density at radius 1 is 1.37 bits per heavy atom. The van der Waals surface area contributed by atoms with Crippen LogP contribution in [0.15, 0.2) is 18.3 Å². The zero-order valence-corrected chi connectivity index (χ0v) is 11.5. The van der Waals surface area contributed by atoms with Crippen molar-refractivity contribution in [2.45, 2.75) is 25.7 Å². The fourth-order valence-electron chi connectivity index (χ4n) is 2.20. The number of aromatic nitrogens is 2. The second kappa shape index (κ2) is 5.09. The minimum atomic E-state index is 0.191. The van der Waals surface area contributed by atoms with Gasteiger partial charge in [-0.25, -0.2) is 9.97 Å². The highest BCUT2D eigenvalue weighted by Gasteiger charge is 2.22. The SMILES string of the molecule is COc1ccc(Cc2nc3c(s2)CCCC3=O)cn1. The van der Waals surface area contributed by atoms with Crippen molar-refractivity contribution in [3.05, 3.63) is 39.5 Å². The van der Waals surface area contributed by atoms with Crippen LogP contribution >= 0.6 is 11.3 Å². The molecular weight excluding hydrogens is 260 g/mol. The molecule has 1 aliphatic carbocycles. The molecule has 5 heteroatoms. The summed E-state index contributed by atoms with van der Waals surface area (Å²) in [7, 11) is 1.60. The number of hydrogen-bond donors (Lipinski definition) is 0. The molecule has 3 rings (SSSR count). The smallest absolute Gasteiger partial charge is 0.212 e. The molecule has 0 saturated carbocycles. The highest BCUT2D eigenvalue weighted by molar-refractivity contribution is 7.12. The molecule has 0 saturated heterocycles. The van der Waals surface area contributed by atoms with Gasteiger partial charge in [-0.05, 0) is 18.4 Å². The maximum atomic E-state index is 11.8. The molecule has 1 aliphatic rings. The van der Waals surface area contributed by atoms with Gasteiger partial charge in [-0.1, -0.05) is 6.07 Å². The molecule has 2 heterocycles. The average molecular weight is 274 g/mol. The number of carbonyl (C=O) groups is 1. The molecule has 0 atom stereocenters. The minimum Gasteiger partial charge on any atom is -0.481 e. The van der Waals surface area contributed by atoms with Crippen LogP contribution in [0.1, 0.15) is 38.8 Å². The molecule has 0 spiro atoms. The summed E-state index contributed by atoms with van der Waals surface area (Å²) < 4.78 is 5.03. The van der Waals surface area contributed by atoms with Crippen LogP contribution in [-0.4, -0.2) is 22.9 Å². The van der Waals surface area contributed by atoms with Crippen LogP contribution in [0.4, 0.5) is 0 Å². The Labute approximate surface area is 115 Å². The minimum absolute atomic E-state index is 0.191. The van der Waals surface area contributed by atoms with Gasteiger partial charge in [-0.3, -0.25) is 4.79 Å². The number of Topliss-reactive ketones (excluding diaryl/α,β-unsaturated/α-hetero) is 1. The number of hydrogen-bond acceptors (Lipinski definition) is 5. The van der Waals surface area contributed by atoms with Crippen molar-refractivity contribution in [3.8, 4) is 5.88 Å². The number of rotatable bonds is 3. The zero-order valence-electron chi connectivity index (χ0n) is 10.7. The lowest BCUT2D eigenvalue weighted by Gasteiger charge is -2.06. The van der Waals surface area contributed by atoms with Crippen LogP contribution in [0.5, 0.6) is 5.88 Å². The third-order valence-electron chi connectivity index (χ3n) is 3.18. The number of methoxy groups -OCH3 is 1. The third-order valence-corrected chi connectivity index (χ3v) is 4.29. The summed E-state index contributed by atoms with van der Waals surface area (Å²) >= 11 is 1.65. The van der Waals surface area contributed by atoms with Gasteiger partial charge in [0.05, 0.1) is 12.1 Å². The highest BCUT2D eigenvalue weighted by atomic mass is 32.1. The molecule has 98 valence electrons. The van der Waals surface area contributed by atoms with E-state index in [4.69, 9.17) is 4.74 Å². The number of fused-ring (bicyclic) bond motifs is 1. The molecule has 19 heavy (non-hydrogen) atoms. The van der Waals surface area contributed by atoms with Gasteiger partial charge in [0.1, 0.15) is 5.69 Å². The lowest BCUT2D eigenvalue weighted by molar-refractivity contribution is 0.0968. The number of nitrogens with zero attached hydrogens (tertiary/aromatic N) is 2. The first kappa shape index (κ1) is 12.3. The average Bonchev–Trinajstić information content (AvgIpc) is 2.84. The number of aryl methyl sites for hydroxylation is 1. The van der Waals surface area contributed by atoms with Gasteiger partial charge in [-0.15, -0.1) is 11.3 Å². The molecule has 2 aromatic heterocycles. The van der Waals surface area contributed by atoms with Crippen LogP contribution in [0, 0.1) is 0 Å². The van der Waals surface area contributed by atoms with Crippen molar-refractivity contribution in [1.29, 1.82) is 0 Å². The van der Waals surface area contributed by atoms with E-state index in [9.17, 15) is 4.79 Å². The molecule has 0 unspecified atom stereocenters. The first-order valence-corrected chi connectivity index (χ1v) is 7.08. The number of thiazole rings is 1. The summed E-state index contributed by atoms with van der Waals surface area (Å²) in [6.07, 6.45) is 5.10. The van der Waals surface area contributed by atoms with Gasteiger partial charge in [0.25, 0.3) is 0 Å². The summed E-state index contributed by atoms with van der Waals surface area (Å²) in [6.45, 7) is 0. The van der Waals surface area contributed by atoms with Gasteiger partial charge in [-0.2, -0.15) is 0 Å².